The Labute approximate surface area is 109 Å². The minimum absolute atomic E-state index is 0.281. The molecular formula is C12H10N4O2S. The van der Waals surface area contributed by atoms with Crippen LogP contribution in [0.3, 0.4) is 0 Å². The predicted molar refractivity (Wildman–Crippen MR) is 69.3 cm³/mol. The molecule has 7 heteroatoms. The van der Waals surface area contributed by atoms with E-state index in [1.165, 1.54) is 12.6 Å². The second-order valence-corrected chi connectivity index (χ2v) is 6.16. The fourth-order valence-electron chi connectivity index (χ4n) is 1.78. The standard InChI is InChI=1S/C12H10N4O2S/c1-19(17,18)11-4-2-3-9(5-11)10-6-13-12-14-8-15-16(12)7-10/h2-8H,1H3. The van der Waals surface area contributed by atoms with Gasteiger partial charge in [0.05, 0.1) is 4.90 Å². The van der Waals surface area contributed by atoms with Crippen LogP contribution in [-0.2, 0) is 9.84 Å². The molecule has 0 N–H and O–H groups in total. The highest BCUT2D eigenvalue weighted by Gasteiger charge is 2.09. The summed E-state index contributed by atoms with van der Waals surface area (Å²) in [5.74, 6) is 0.503. The molecule has 0 saturated heterocycles. The van der Waals surface area contributed by atoms with Crippen LogP contribution in [0.5, 0.6) is 0 Å². The van der Waals surface area contributed by atoms with E-state index in [1.807, 2.05) is 6.07 Å². The van der Waals surface area contributed by atoms with Crippen molar-refractivity contribution in [3.05, 3.63) is 43.0 Å². The van der Waals surface area contributed by atoms with Crippen LogP contribution in [0.1, 0.15) is 0 Å². The Balaban J connectivity index is 2.15. The molecule has 2 heterocycles. The van der Waals surface area contributed by atoms with Crippen molar-refractivity contribution in [3.63, 3.8) is 0 Å². The molecule has 3 rings (SSSR count). The van der Waals surface area contributed by atoms with E-state index in [2.05, 4.69) is 15.1 Å². The summed E-state index contributed by atoms with van der Waals surface area (Å²) in [6.07, 6.45) is 6.01. The Bertz CT molecular complexity index is 855. The van der Waals surface area contributed by atoms with Crippen molar-refractivity contribution in [1.82, 2.24) is 19.6 Å². The molecule has 0 atom stereocenters. The number of sulfone groups is 1. The van der Waals surface area contributed by atoms with Gasteiger partial charge >= 0.3 is 0 Å². The molecule has 0 aliphatic carbocycles. The highest BCUT2D eigenvalue weighted by Crippen LogP contribution is 2.21. The maximum Gasteiger partial charge on any atom is 0.252 e. The number of hydrogen-bond acceptors (Lipinski definition) is 5. The number of fused-ring (bicyclic) bond motifs is 1. The van der Waals surface area contributed by atoms with E-state index in [1.54, 1.807) is 35.1 Å². The molecule has 3 aromatic rings. The zero-order valence-corrected chi connectivity index (χ0v) is 10.9. The second kappa shape index (κ2) is 4.13. The van der Waals surface area contributed by atoms with E-state index in [-0.39, 0.29) is 4.90 Å². The van der Waals surface area contributed by atoms with Crippen LogP contribution >= 0.6 is 0 Å². The van der Waals surface area contributed by atoms with Gasteiger partial charge < -0.3 is 0 Å². The lowest BCUT2D eigenvalue weighted by atomic mass is 10.1. The van der Waals surface area contributed by atoms with Gasteiger partial charge in [-0.15, -0.1) is 0 Å². The molecule has 0 saturated carbocycles. The molecule has 0 aliphatic rings. The van der Waals surface area contributed by atoms with Crippen LogP contribution in [-0.4, -0.2) is 34.3 Å². The van der Waals surface area contributed by atoms with E-state index < -0.39 is 9.84 Å². The number of hydrogen-bond donors (Lipinski definition) is 0. The molecular weight excluding hydrogens is 264 g/mol. The zero-order valence-electron chi connectivity index (χ0n) is 10.1. The van der Waals surface area contributed by atoms with Crippen molar-refractivity contribution in [1.29, 1.82) is 0 Å². The Morgan fingerprint density at radius 3 is 2.79 bits per heavy atom. The van der Waals surface area contributed by atoms with Gasteiger partial charge in [-0.3, -0.25) is 0 Å². The third-order valence-corrected chi connectivity index (χ3v) is 3.84. The van der Waals surface area contributed by atoms with Crippen molar-refractivity contribution in [2.45, 2.75) is 4.90 Å². The quantitative estimate of drug-likeness (QED) is 0.701. The SMILES string of the molecule is CS(=O)(=O)c1cccc(-c2cnc3ncnn3c2)c1. The summed E-state index contributed by atoms with van der Waals surface area (Å²) < 4.78 is 24.6. The third-order valence-electron chi connectivity index (χ3n) is 2.73. The van der Waals surface area contributed by atoms with Gasteiger partial charge in [-0.1, -0.05) is 12.1 Å². The molecule has 0 amide bonds. The van der Waals surface area contributed by atoms with Gasteiger partial charge in [0.2, 0.25) is 0 Å². The van der Waals surface area contributed by atoms with Gasteiger partial charge in [-0.2, -0.15) is 10.1 Å². The van der Waals surface area contributed by atoms with Gasteiger partial charge in [-0.25, -0.2) is 17.9 Å². The first-order valence-corrected chi connectivity index (χ1v) is 7.39. The molecule has 6 nitrogen and oxygen atoms in total. The Morgan fingerprint density at radius 2 is 2.00 bits per heavy atom. The van der Waals surface area contributed by atoms with Crippen LogP contribution in [0.4, 0.5) is 0 Å². The lowest BCUT2D eigenvalue weighted by Gasteiger charge is -2.04. The summed E-state index contributed by atoms with van der Waals surface area (Å²) in [7, 11) is -3.22. The van der Waals surface area contributed by atoms with Crippen molar-refractivity contribution in [3.8, 4) is 11.1 Å². The first kappa shape index (κ1) is 11.8. The fraction of sp³-hybridized carbons (Fsp3) is 0.0833. The summed E-state index contributed by atoms with van der Waals surface area (Å²) in [5.41, 5.74) is 1.55. The van der Waals surface area contributed by atoms with E-state index in [4.69, 9.17) is 0 Å². The van der Waals surface area contributed by atoms with E-state index in [9.17, 15) is 8.42 Å². The molecule has 2 aromatic heterocycles. The van der Waals surface area contributed by atoms with E-state index in [0.29, 0.717) is 5.78 Å². The number of rotatable bonds is 2. The highest BCUT2D eigenvalue weighted by atomic mass is 32.2. The van der Waals surface area contributed by atoms with Crippen molar-refractivity contribution >= 4 is 15.6 Å². The summed E-state index contributed by atoms with van der Waals surface area (Å²) in [4.78, 5) is 8.39. The van der Waals surface area contributed by atoms with Crippen molar-refractivity contribution < 1.29 is 8.42 Å². The summed E-state index contributed by atoms with van der Waals surface area (Å²) >= 11 is 0. The van der Waals surface area contributed by atoms with Gasteiger partial charge in [-0.05, 0) is 17.7 Å². The first-order valence-electron chi connectivity index (χ1n) is 5.50. The Kier molecular flexibility index (Phi) is 2.56. The molecule has 0 spiro atoms. The zero-order chi connectivity index (χ0) is 13.5. The molecule has 0 fully saturated rings. The fourth-order valence-corrected chi connectivity index (χ4v) is 2.44. The molecule has 19 heavy (non-hydrogen) atoms. The smallest absolute Gasteiger partial charge is 0.224 e. The van der Waals surface area contributed by atoms with Gasteiger partial charge in [0.15, 0.2) is 9.84 Å². The maximum atomic E-state index is 11.5. The van der Waals surface area contributed by atoms with Crippen molar-refractivity contribution in [2.75, 3.05) is 6.26 Å². The van der Waals surface area contributed by atoms with Crippen LogP contribution < -0.4 is 0 Å². The Hall–Kier alpha value is -2.28. The lowest BCUT2D eigenvalue weighted by Crippen LogP contribution is -1.97. The normalized spacial score (nSPS) is 11.8. The average molecular weight is 274 g/mol. The van der Waals surface area contributed by atoms with Crippen molar-refractivity contribution in [2.24, 2.45) is 0 Å². The van der Waals surface area contributed by atoms with Gasteiger partial charge in [0.25, 0.3) is 5.78 Å². The number of benzene rings is 1. The number of aromatic nitrogens is 4. The largest absolute Gasteiger partial charge is 0.252 e. The molecule has 0 aliphatic heterocycles. The molecule has 0 radical (unpaired) electrons. The highest BCUT2D eigenvalue weighted by molar-refractivity contribution is 7.90. The van der Waals surface area contributed by atoms with Crippen LogP contribution in [0, 0.1) is 0 Å². The summed E-state index contributed by atoms with van der Waals surface area (Å²) in [6.45, 7) is 0. The van der Waals surface area contributed by atoms with Gasteiger partial charge in [0.1, 0.15) is 6.33 Å². The third kappa shape index (κ3) is 2.19. The van der Waals surface area contributed by atoms with Crippen LogP contribution in [0.15, 0.2) is 47.9 Å². The summed E-state index contributed by atoms with van der Waals surface area (Å²) in [6, 6.07) is 6.72. The lowest BCUT2D eigenvalue weighted by molar-refractivity contribution is 0.602. The minimum Gasteiger partial charge on any atom is -0.224 e. The van der Waals surface area contributed by atoms with Crippen LogP contribution in [0.2, 0.25) is 0 Å². The maximum absolute atomic E-state index is 11.5. The minimum atomic E-state index is -3.22. The Morgan fingerprint density at radius 1 is 1.16 bits per heavy atom. The predicted octanol–water partition coefficient (Wildman–Crippen LogP) is 1.19. The average Bonchev–Trinajstić information content (AvgIpc) is 2.85. The van der Waals surface area contributed by atoms with Crippen LogP contribution in [0.25, 0.3) is 16.9 Å². The van der Waals surface area contributed by atoms with Gasteiger partial charge in [0, 0.05) is 24.2 Å². The first-order chi connectivity index (χ1) is 9.04. The number of nitrogens with zero attached hydrogens (tertiary/aromatic N) is 4. The van der Waals surface area contributed by atoms with E-state index in [0.717, 1.165) is 11.1 Å². The summed E-state index contributed by atoms with van der Waals surface area (Å²) in [5, 5.41) is 4.00. The molecule has 0 bridgehead atoms. The molecule has 1 aromatic carbocycles. The topological polar surface area (TPSA) is 77.2 Å². The molecule has 0 unspecified atom stereocenters. The van der Waals surface area contributed by atoms with E-state index >= 15 is 0 Å². The second-order valence-electron chi connectivity index (χ2n) is 4.15. The monoisotopic (exact) mass is 274 g/mol. The molecule has 96 valence electrons.